The number of nitrogens with one attached hydrogen (secondary N) is 1. The Morgan fingerprint density at radius 2 is 1.74 bits per heavy atom. The minimum atomic E-state index is -0.495. The molecule has 0 unspecified atom stereocenters. The van der Waals surface area contributed by atoms with Crippen LogP contribution in [-0.4, -0.2) is 20.4 Å². The highest BCUT2D eigenvalue weighted by Gasteiger charge is 2.16. The number of aromatic nitrogens is 2. The number of benzene rings is 2. The molecular weight excluding hydrogens is 391 g/mol. The maximum Gasteiger partial charge on any atom is 0.280 e. The molecule has 0 aliphatic rings. The minimum Gasteiger partial charge on any atom is -0.295 e. The zero-order chi connectivity index (χ0) is 19.7. The van der Waals surface area contributed by atoms with E-state index in [0.717, 1.165) is 0 Å². The summed E-state index contributed by atoms with van der Waals surface area (Å²) in [6.07, 6.45) is 0. The second-order valence-electron chi connectivity index (χ2n) is 5.85. The van der Waals surface area contributed by atoms with Crippen molar-refractivity contribution in [2.24, 2.45) is 4.99 Å². The first kappa shape index (κ1) is 18.9. The first-order valence-corrected chi connectivity index (χ1v) is 8.60. The van der Waals surface area contributed by atoms with E-state index < -0.39 is 4.92 Å². The van der Waals surface area contributed by atoms with Gasteiger partial charge in [-0.1, -0.05) is 23.2 Å². The maximum atomic E-state index is 12.8. The van der Waals surface area contributed by atoms with Gasteiger partial charge in [0.1, 0.15) is 0 Å². The molecule has 0 bridgehead atoms. The summed E-state index contributed by atoms with van der Waals surface area (Å²) in [5.74, 6) is 0. The van der Waals surface area contributed by atoms with Gasteiger partial charge < -0.3 is 0 Å². The Kier molecular flexibility index (Phi) is 5.16. The molecule has 0 amide bonds. The number of rotatable bonds is 4. The SMILES string of the molecule is CC(=Nc1cc(Cl)cc(Cl)c1)c1c(C)[nH]n(-c2ccc([N+](=O)[O-])cc2)c1=O. The fourth-order valence-electron chi connectivity index (χ4n) is 2.73. The van der Waals surface area contributed by atoms with Crippen LogP contribution >= 0.6 is 23.2 Å². The number of hydrogen-bond acceptors (Lipinski definition) is 4. The number of nitro groups is 1. The standard InChI is InChI=1S/C18H14Cl2N4O3/c1-10(21-14-8-12(19)7-13(20)9-14)17-11(2)22-23(18(17)25)15-3-5-16(6-4-15)24(26)27/h3-9,22H,1-2H3. The van der Waals surface area contributed by atoms with Gasteiger partial charge in [0, 0.05) is 27.9 Å². The van der Waals surface area contributed by atoms with E-state index >= 15 is 0 Å². The molecule has 1 aromatic heterocycles. The normalized spacial score (nSPS) is 11.6. The second-order valence-corrected chi connectivity index (χ2v) is 6.72. The van der Waals surface area contributed by atoms with E-state index in [1.54, 1.807) is 32.0 Å². The summed E-state index contributed by atoms with van der Waals surface area (Å²) in [5, 5.41) is 14.6. The summed E-state index contributed by atoms with van der Waals surface area (Å²) in [7, 11) is 0. The largest absolute Gasteiger partial charge is 0.295 e. The Balaban J connectivity index is 2.04. The lowest BCUT2D eigenvalue weighted by Crippen LogP contribution is -2.19. The van der Waals surface area contributed by atoms with E-state index in [1.165, 1.54) is 28.9 Å². The molecule has 3 rings (SSSR count). The van der Waals surface area contributed by atoms with Crippen molar-refractivity contribution in [2.75, 3.05) is 0 Å². The van der Waals surface area contributed by atoms with Crippen molar-refractivity contribution in [2.45, 2.75) is 13.8 Å². The third-order valence-electron chi connectivity index (χ3n) is 3.90. The Morgan fingerprint density at radius 3 is 2.30 bits per heavy atom. The molecule has 0 aliphatic heterocycles. The molecule has 27 heavy (non-hydrogen) atoms. The summed E-state index contributed by atoms with van der Waals surface area (Å²) >= 11 is 12.0. The quantitative estimate of drug-likeness (QED) is 0.383. The molecule has 0 spiro atoms. The van der Waals surface area contributed by atoms with Crippen LogP contribution in [0.4, 0.5) is 11.4 Å². The van der Waals surface area contributed by atoms with Crippen molar-refractivity contribution < 1.29 is 4.92 Å². The Hall–Kier alpha value is -2.90. The number of nitrogens with zero attached hydrogens (tertiary/aromatic N) is 3. The number of halogens is 2. The van der Waals surface area contributed by atoms with Gasteiger partial charge in [-0.3, -0.25) is 25.0 Å². The van der Waals surface area contributed by atoms with Crippen LogP contribution in [0.1, 0.15) is 18.2 Å². The smallest absolute Gasteiger partial charge is 0.280 e. The topological polar surface area (TPSA) is 93.3 Å². The second kappa shape index (κ2) is 7.38. The van der Waals surface area contributed by atoms with Crippen LogP contribution in [0, 0.1) is 17.0 Å². The van der Waals surface area contributed by atoms with Crippen molar-refractivity contribution in [3.8, 4) is 5.69 Å². The highest BCUT2D eigenvalue weighted by atomic mass is 35.5. The lowest BCUT2D eigenvalue weighted by Gasteiger charge is -2.01. The number of non-ortho nitro benzene ring substituents is 1. The van der Waals surface area contributed by atoms with Crippen molar-refractivity contribution in [1.82, 2.24) is 9.78 Å². The predicted molar refractivity (Wildman–Crippen MR) is 106 cm³/mol. The Labute approximate surface area is 164 Å². The molecule has 0 saturated heterocycles. The van der Waals surface area contributed by atoms with Crippen LogP contribution < -0.4 is 5.56 Å². The molecular formula is C18H14Cl2N4O3. The van der Waals surface area contributed by atoms with E-state index in [4.69, 9.17) is 23.2 Å². The van der Waals surface area contributed by atoms with E-state index in [-0.39, 0.29) is 11.2 Å². The average Bonchev–Trinajstić information content (AvgIpc) is 2.88. The van der Waals surface area contributed by atoms with Gasteiger partial charge in [0.25, 0.3) is 11.2 Å². The molecule has 138 valence electrons. The van der Waals surface area contributed by atoms with E-state index in [0.29, 0.717) is 38.4 Å². The highest BCUT2D eigenvalue weighted by Crippen LogP contribution is 2.25. The fourth-order valence-corrected chi connectivity index (χ4v) is 3.25. The van der Waals surface area contributed by atoms with Gasteiger partial charge in [-0.25, -0.2) is 4.68 Å². The van der Waals surface area contributed by atoms with Crippen LogP contribution in [-0.2, 0) is 0 Å². The molecule has 0 atom stereocenters. The Morgan fingerprint density at radius 1 is 1.15 bits per heavy atom. The summed E-state index contributed by atoms with van der Waals surface area (Å²) in [6.45, 7) is 3.47. The van der Waals surface area contributed by atoms with Crippen molar-refractivity contribution >= 4 is 40.3 Å². The molecule has 0 fully saturated rings. The molecule has 0 radical (unpaired) electrons. The van der Waals surface area contributed by atoms with Crippen LogP contribution in [0.5, 0.6) is 0 Å². The monoisotopic (exact) mass is 404 g/mol. The van der Waals surface area contributed by atoms with Crippen molar-refractivity contribution in [3.63, 3.8) is 0 Å². The van der Waals surface area contributed by atoms with Gasteiger partial charge in [-0.05, 0) is 44.2 Å². The van der Waals surface area contributed by atoms with Crippen LogP contribution in [0.25, 0.3) is 5.69 Å². The van der Waals surface area contributed by atoms with Gasteiger partial charge in [-0.15, -0.1) is 0 Å². The zero-order valence-electron chi connectivity index (χ0n) is 14.4. The van der Waals surface area contributed by atoms with Gasteiger partial charge in [0.2, 0.25) is 0 Å². The molecule has 0 aliphatic carbocycles. The van der Waals surface area contributed by atoms with Crippen molar-refractivity contribution in [3.05, 3.63) is 84.2 Å². The van der Waals surface area contributed by atoms with E-state index in [9.17, 15) is 14.9 Å². The summed E-state index contributed by atoms with van der Waals surface area (Å²) in [6, 6.07) is 10.6. The molecule has 1 N–H and O–H groups in total. The van der Waals surface area contributed by atoms with Crippen LogP contribution in [0.3, 0.4) is 0 Å². The zero-order valence-corrected chi connectivity index (χ0v) is 15.9. The molecule has 7 nitrogen and oxygen atoms in total. The number of H-pyrrole nitrogens is 1. The molecule has 3 aromatic rings. The molecule has 9 heteroatoms. The maximum absolute atomic E-state index is 12.8. The van der Waals surface area contributed by atoms with Gasteiger partial charge in [0.05, 0.1) is 27.6 Å². The van der Waals surface area contributed by atoms with Crippen LogP contribution in [0.2, 0.25) is 10.0 Å². The number of hydrogen-bond donors (Lipinski definition) is 1. The molecule has 1 heterocycles. The van der Waals surface area contributed by atoms with Crippen molar-refractivity contribution in [1.29, 1.82) is 0 Å². The Bertz CT molecular complexity index is 1090. The van der Waals surface area contributed by atoms with Gasteiger partial charge in [-0.2, -0.15) is 0 Å². The van der Waals surface area contributed by atoms with Gasteiger partial charge >= 0.3 is 0 Å². The lowest BCUT2D eigenvalue weighted by molar-refractivity contribution is -0.384. The van der Waals surface area contributed by atoms with E-state index in [1.807, 2.05) is 0 Å². The minimum absolute atomic E-state index is 0.0501. The van der Waals surface area contributed by atoms with E-state index in [2.05, 4.69) is 10.1 Å². The number of aromatic amines is 1. The average molecular weight is 405 g/mol. The molecule has 2 aromatic carbocycles. The van der Waals surface area contributed by atoms with Crippen LogP contribution in [0.15, 0.2) is 52.3 Å². The third kappa shape index (κ3) is 3.94. The first-order chi connectivity index (χ1) is 12.8. The lowest BCUT2D eigenvalue weighted by atomic mass is 10.1. The van der Waals surface area contributed by atoms with Gasteiger partial charge in [0.15, 0.2) is 0 Å². The number of nitro benzene ring substituents is 1. The highest BCUT2D eigenvalue weighted by molar-refractivity contribution is 6.35. The third-order valence-corrected chi connectivity index (χ3v) is 4.33. The fraction of sp³-hybridized carbons (Fsp3) is 0.111. The summed E-state index contributed by atoms with van der Waals surface area (Å²) in [5.41, 5.74) is 2.18. The first-order valence-electron chi connectivity index (χ1n) is 7.84. The number of aliphatic imine (C=N–C) groups is 1. The summed E-state index contributed by atoms with van der Waals surface area (Å²) in [4.78, 5) is 27.6. The summed E-state index contributed by atoms with van der Waals surface area (Å²) < 4.78 is 1.32. The number of aryl methyl sites for hydroxylation is 1. The predicted octanol–water partition coefficient (Wildman–Crippen LogP) is 4.83. The molecule has 0 saturated carbocycles.